The van der Waals surface area contributed by atoms with Crippen molar-refractivity contribution < 1.29 is 4.74 Å². The predicted molar refractivity (Wildman–Crippen MR) is 88.3 cm³/mol. The molecule has 3 nitrogen and oxygen atoms in total. The monoisotopic (exact) mass is 344 g/mol. The third-order valence-corrected chi connectivity index (χ3v) is 3.41. The topological polar surface area (TPSA) is 45.0 Å². The van der Waals surface area contributed by atoms with Crippen molar-refractivity contribution in [2.24, 2.45) is 0 Å². The molecule has 4 heteroatoms. The minimum atomic E-state index is 0.529. The molecule has 0 unspecified atom stereocenters. The van der Waals surface area contributed by atoms with E-state index in [1.165, 1.54) is 5.56 Å². The van der Waals surface area contributed by atoms with E-state index in [0.717, 1.165) is 28.9 Å². The van der Waals surface area contributed by atoms with Crippen molar-refractivity contribution in [3.05, 3.63) is 58.6 Å². The number of unbranched alkanes of at least 4 members (excludes halogenated alkanes) is 1. The highest BCUT2D eigenvalue weighted by molar-refractivity contribution is 9.10. The van der Waals surface area contributed by atoms with Crippen LogP contribution >= 0.6 is 15.9 Å². The lowest BCUT2D eigenvalue weighted by atomic mass is 10.2. The summed E-state index contributed by atoms with van der Waals surface area (Å²) >= 11 is 3.47. The number of rotatable bonds is 7. The molecule has 2 aromatic rings. The fourth-order valence-electron chi connectivity index (χ4n) is 1.89. The fourth-order valence-corrected chi connectivity index (χ4v) is 2.33. The van der Waals surface area contributed by atoms with Gasteiger partial charge in [-0.2, -0.15) is 5.26 Å². The van der Waals surface area contributed by atoms with E-state index in [2.05, 4.69) is 39.4 Å². The number of halogens is 1. The highest BCUT2D eigenvalue weighted by Crippen LogP contribution is 2.19. The third-order valence-electron chi connectivity index (χ3n) is 2.92. The van der Waals surface area contributed by atoms with Crippen molar-refractivity contribution in [3.8, 4) is 11.8 Å². The molecule has 0 amide bonds. The molecule has 2 rings (SSSR count). The molecule has 0 atom stereocenters. The molecule has 0 bridgehead atoms. The van der Waals surface area contributed by atoms with Crippen LogP contribution in [-0.4, -0.2) is 6.61 Å². The van der Waals surface area contributed by atoms with E-state index in [-0.39, 0.29) is 0 Å². The van der Waals surface area contributed by atoms with Gasteiger partial charge in [-0.15, -0.1) is 0 Å². The lowest BCUT2D eigenvalue weighted by molar-refractivity contribution is 0.313. The third kappa shape index (κ3) is 5.49. The molecule has 0 spiro atoms. The summed E-state index contributed by atoms with van der Waals surface area (Å²) in [5, 5.41) is 11.9. The summed E-state index contributed by atoms with van der Waals surface area (Å²) in [6.07, 6.45) is 1.28. The van der Waals surface area contributed by atoms with E-state index >= 15 is 0 Å². The smallest absolute Gasteiger partial charge is 0.121 e. The minimum Gasteiger partial charge on any atom is -0.493 e. The number of hydrogen-bond acceptors (Lipinski definition) is 3. The van der Waals surface area contributed by atoms with Crippen LogP contribution < -0.4 is 10.1 Å². The lowest BCUT2D eigenvalue weighted by Gasteiger charge is -2.10. The van der Waals surface area contributed by atoms with Crippen molar-refractivity contribution in [1.82, 2.24) is 0 Å². The molecule has 0 aliphatic rings. The zero-order valence-electron chi connectivity index (χ0n) is 11.7. The first kappa shape index (κ1) is 15.4. The van der Waals surface area contributed by atoms with E-state index in [1.807, 2.05) is 36.4 Å². The van der Waals surface area contributed by atoms with E-state index in [9.17, 15) is 0 Å². The van der Waals surface area contributed by atoms with Crippen molar-refractivity contribution >= 4 is 21.6 Å². The van der Waals surface area contributed by atoms with Gasteiger partial charge in [-0.25, -0.2) is 0 Å². The van der Waals surface area contributed by atoms with Crippen molar-refractivity contribution in [2.75, 3.05) is 11.9 Å². The highest BCUT2D eigenvalue weighted by Gasteiger charge is 1.98. The molecule has 0 aliphatic heterocycles. The summed E-state index contributed by atoms with van der Waals surface area (Å²) < 4.78 is 6.70. The number of nitrogens with zero attached hydrogens (tertiary/aromatic N) is 1. The second-order valence-corrected chi connectivity index (χ2v) is 5.54. The summed E-state index contributed by atoms with van der Waals surface area (Å²) in [4.78, 5) is 0. The van der Waals surface area contributed by atoms with Crippen molar-refractivity contribution in [3.63, 3.8) is 0 Å². The Bertz CT molecular complexity index is 622. The molecule has 0 heterocycles. The Kier molecular flexibility index (Phi) is 6.11. The number of anilines is 1. The van der Waals surface area contributed by atoms with Gasteiger partial charge in [-0.1, -0.05) is 34.1 Å². The molecule has 21 heavy (non-hydrogen) atoms. The standard InChI is InChI=1S/C17H17BrN2O/c18-15-6-3-5-14(11-15)13-20-16-7-4-8-17(12-16)21-10-2-1-9-19/h3-8,11-12,20H,1-2,10,13H2. The molecule has 0 fully saturated rings. The van der Waals surface area contributed by atoms with Crippen LogP contribution in [0.15, 0.2) is 53.0 Å². The Morgan fingerprint density at radius 1 is 1.14 bits per heavy atom. The molecule has 0 radical (unpaired) electrons. The van der Waals surface area contributed by atoms with Gasteiger partial charge >= 0.3 is 0 Å². The number of hydrogen-bond donors (Lipinski definition) is 1. The van der Waals surface area contributed by atoms with Crippen LogP contribution in [0.4, 0.5) is 5.69 Å². The van der Waals surface area contributed by atoms with E-state index in [1.54, 1.807) is 0 Å². The van der Waals surface area contributed by atoms with E-state index in [4.69, 9.17) is 10.00 Å². The Labute approximate surface area is 133 Å². The van der Waals surface area contributed by atoms with Crippen LogP contribution in [-0.2, 0) is 6.54 Å². The van der Waals surface area contributed by atoms with Gasteiger partial charge in [0.05, 0.1) is 12.7 Å². The number of benzene rings is 2. The molecule has 2 aromatic carbocycles. The number of nitrogens with one attached hydrogen (secondary N) is 1. The van der Waals surface area contributed by atoms with Crippen LogP contribution in [0.1, 0.15) is 18.4 Å². The first-order chi connectivity index (χ1) is 10.3. The van der Waals surface area contributed by atoms with Gasteiger partial charge in [0.1, 0.15) is 5.75 Å². The Morgan fingerprint density at radius 3 is 2.81 bits per heavy atom. The maximum Gasteiger partial charge on any atom is 0.121 e. The van der Waals surface area contributed by atoms with E-state index < -0.39 is 0 Å². The van der Waals surface area contributed by atoms with Crippen LogP contribution in [0, 0.1) is 11.3 Å². The van der Waals surface area contributed by atoms with Crippen molar-refractivity contribution in [1.29, 1.82) is 5.26 Å². The number of ether oxygens (including phenoxy) is 1. The first-order valence-corrected chi connectivity index (χ1v) is 7.65. The first-order valence-electron chi connectivity index (χ1n) is 6.86. The largest absolute Gasteiger partial charge is 0.493 e. The highest BCUT2D eigenvalue weighted by atomic mass is 79.9. The molecular weight excluding hydrogens is 328 g/mol. The van der Waals surface area contributed by atoms with Crippen LogP contribution in [0.2, 0.25) is 0 Å². The predicted octanol–water partition coefficient (Wildman–Crippen LogP) is 4.74. The molecule has 0 saturated carbocycles. The van der Waals surface area contributed by atoms with Gasteiger partial charge in [0, 0.05) is 29.2 Å². The molecule has 108 valence electrons. The summed E-state index contributed by atoms with van der Waals surface area (Å²) in [5.41, 5.74) is 2.23. The SMILES string of the molecule is N#CCCCOc1cccc(NCc2cccc(Br)c2)c1. The Hall–Kier alpha value is -1.99. The van der Waals surface area contributed by atoms with Gasteiger partial charge in [0.2, 0.25) is 0 Å². The summed E-state index contributed by atoms with van der Waals surface area (Å²) in [5.74, 6) is 0.826. The normalized spacial score (nSPS) is 9.90. The minimum absolute atomic E-state index is 0.529. The summed E-state index contributed by atoms with van der Waals surface area (Å²) in [7, 11) is 0. The second-order valence-electron chi connectivity index (χ2n) is 4.62. The maximum atomic E-state index is 8.49. The van der Waals surface area contributed by atoms with Crippen LogP contribution in [0.3, 0.4) is 0 Å². The molecule has 0 aliphatic carbocycles. The van der Waals surface area contributed by atoms with Gasteiger partial charge in [-0.3, -0.25) is 0 Å². The average molecular weight is 345 g/mol. The van der Waals surface area contributed by atoms with E-state index in [0.29, 0.717) is 13.0 Å². The summed E-state index contributed by atoms with van der Waals surface area (Å²) in [6, 6.07) is 18.2. The van der Waals surface area contributed by atoms with Crippen molar-refractivity contribution in [2.45, 2.75) is 19.4 Å². The maximum absolute atomic E-state index is 8.49. The molecular formula is C17H17BrN2O. The van der Waals surface area contributed by atoms with Gasteiger partial charge in [0.25, 0.3) is 0 Å². The van der Waals surface area contributed by atoms with Gasteiger partial charge in [-0.05, 0) is 36.2 Å². The van der Waals surface area contributed by atoms with Gasteiger partial charge < -0.3 is 10.1 Å². The summed E-state index contributed by atoms with van der Waals surface area (Å²) in [6.45, 7) is 1.33. The van der Waals surface area contributed by atoms with Crippen LogP contribution in [0.25, 0.3) is 0 Å². The second kappa shape index (κ2) is 8.33. The average Bonchev–Trinajstić information content (AvgIpc) is 2.50. The molecule has 0 aromatic heterocycles. The molecule has 1 N–H and O–H groups in total. The lowest BCUT2D eigenvalue weighted by Crippen LogP contribution is -2.01. The zero-order chi connectivity index (χ0) is 14.9. The molecule has 0 saturated heterocycles. The zero-order valence-corrected chi connectivity index (χ0v) is 13.3. The van der Waals surface area contributed by atoms with Crippen LogP contribution in [0.5, 0.6) is 5.75 Å². The quantitative estimate of drug-likeness (QED) is 0.737. The Balaban J connectivity index is 1.87. The Morgan fingerprint density at radius 2 is 2.00 bits per heavy atom. The fraction of sp³-hybridized carbons (Fsp3) is 0.235. The number of nitriles is 1. The van der Waals surface area contributed by atoms with Gasteiger partial charge in [0.15, 0.2) is 0 Å².